The van der Waals surface area contributed by atoms with E-state index in [2.05, 4.69) is 9.80 Å². The molecule has 0 radical (unpaired) electrons. The summed E-state index contributed by atoms with van der Waals surface area (Å²) in [4.78, 5) is 19.0. The second-order valence-corrected chi connectivity index (χ2v) is 7.49. The highest BCUT2D eigenvalue weighted by atomic mass is 35.5. The van der Waals surface area contributed by atoms with Crippen molar-refractivity contribution in [2.75, 3.05) is 45.8 Å². The van der Waals surface area contributed by atoms with Crippen molar-refractivity contribution in [1.82, 2.24) is 14.7 Å². The van der Waals surface area contributed by atoms with Crippen LogP contribution < -0.4 is 0 Å². The maximum Gasteiger partial charge on any atom is 0.236 e. The SMILES string of the molecule is O=C(CN1CCN(Cc2cccc(Cl)c2Cl)CC1)N1CCCCC1. The van der Waals surface area contributed by atoms with E-state index in [-0.39, 0.29) is 0 Å². The predicted octanol–water partition coefficient (Wildman–Crippen LogP) is 3.12. The minimum absolute atomic E-state index is 0.293. The summed E-state index contributed by atoms with van der Waals surface area (Å²) >= 11 is 12.4. The molecule has 1 aromatic rings. The van der Waals surface area contributed by atoms with Gasteiger partial charge >= 0.3 is 0 Å². The molecule has 2 fully saturated rings. The number of likely N-dealkylation sites (tertiary alicyclic amines) is 1. The van der Waals surface area contributed by atoms with Crippen LogP contribution in [0.15, 0.2) is 18.2 Å². The van der Waals surface area contributed by atoms with Crippen molar-refractivity contribution in [2.24, 2.45) is 0 Å². The number of halogens is 2. The molecule has 1 amide bonds. The van der Waals surface area contributed by atoms with Crippen molar-refractivity contribution in [3.63, 3.8) is 0 Å². The Hall–Kier alpha value is -0.810. The third-order valence-corrected chi connectivity index (χ3v) is 5.82. The number of carbonyl (C=O) groups is 1. The highest BCUT2D eigenvalue weighted by Gasteiger charge is 2.23. The molecule has 2 aliphatic heterocycles. The van der Waals surface area contributed by atoms with E-state index in [0.29, 0.717) is 22.5 Å². The molecule has 2 aliphatic rings. The van der Waals surface area contributed by atoms with Crippen LogP contribution in [-0.2, 0) is 11.3 Å². The molecule has 132 valence electrons. The lowest BCUT2D eigenvalue weighted by Crippen LogP contribution is -2.50. The molecule has 2 saturated heterocycles. The van der Waals surface area contributed by atoms with Crippen LogP contribution in [0, 0.1) is 0 Å². The van der Waals surface area contributed by atoms with Crippen LogP contribution in [0.25, 0.3) is 0 Å². The van der Waals surface area contributed by atoms with Crippen molar-refractivity contribution in [1.29, 1.82) is 0 Å². The van der Waals surface area contributed by atoms with Gasteiger partial charge in [0.15, 0.2) is 0 Å². The van der Waals surface area contributed by atoms with Gasteiger partial charge in [-0.05, 0) is 30.9 Å². The zero-order valence-electron chi connectivity index (χ0n) is 14.0. The van der Waals surface area contributed by atoms with Gasteiger partial charge < -0.3 is 4.90 Å². The van der Waals surface area contributed by atoms with Gasteiger partial charge in [0.05, 0.1) is 16.6 Å². The van der Waals surface area contributed by atoms with Gasteiger partial charge in [0.1, 0.15) is 0 Å². The van der Waals surface area contributed by atoms with Crippen LogP contribution in [0.5, 0.6) is 0 Å². The number of carbonyl (C=O) groups excluding carboxylic acids is 1. The van der Waals surface area contributed by atoms with Gasteiger partial charge in [-0.3, -0.25) is 14.6 Å². The molecule has 2 heterocycles. The Morgan fingerprint density at radius 3 is 2.29 bits per heavy atom. The third-order valence-electron chi connectivity index (χ3n) is 4.96. The predicted molar refractivity (Wildman–Crippen MR) is 98.6 cm³/mol. The first kappa shape index (κ1) is 18.0. The molecule has 1 aromatic carbocycles. The summed E-state index contributed by atoms with van der Waals surface area (Å²) in [7, 11) is 0. The molecular weight excluding hydrogens is 345 g/mol. The molecule has 0 spiro atoms. The maximum atomic E-state index is 12.4. The Labute approximate surface area is 154 Å². The summed E-state index contributed by atoms with van der Waals surface area (Å²) in [6.45, 7) is 7.01. The molecule has 0 aliphatic carbocycles. The van der Waals surface area contributed by atoms with Crippen molar-refractivity contribution >= 4 is 29.1 Å². The van der Waals surface area contributed by atoms with Gasteiger partial charge in [-0.25, -0.2) is 0 Å². The van der Waals surface area contributed by atoms with Gasteiger partial charge in [0.2, 0.25) is 5.91 Å². The number of piperidine rings is 1. The Morgan fingerprint density at radius 1 is 0.917 bits per heavy atom. The second kappa shape index (κ2) is 8.52. The Kier molecular flexibility index (Phi) is 6.39. The molecule has 0 saturated carbocycles. The smallest absolute Gasteiger partial charge is 0.236 e. The summed E-state index contributed by atoms with van der Waals surface area (Å²) in [6.07, 6.45) is 3.56. The average molecular weight is 370 g/mol. The van der Waals surface area contributed by atoms with Gasteiger partial charge in [0.25, 0.3) is 0 Å². The van der Waals surface area contributed by atoms with E-state index in [0.717, 1.165) is 64.2 Å². The molecule has 3 rings (SSSR count). The van der Waals surface area contributed by atoms with Crippen LogP contribution in [0.2, 0.25) is 10.0 Å². The van der Waals surface area contributed by atoms with E-state index in [4.69, 9.17) is 23.2 Å². The zero-order chi connectivity index (χ0) is 16.9. The van der Waals surface area contributed by atoms with Crippen molar-refractivity contribution in [2.45, 2.75) is 25.8 Å². The van der Waals surface area contributed by atoms with Crippen LogP contribution in [0.4, 0.5) is 0 Å². The van der Waals surface area contributed by atoms with Crippen molar-refractivity contribution in [3.05, 3.63) is 33.8 Å². The molecule has 6 heteroatoms. The summed E-state index contributed by atoms with van der Waals surface area (Å²) in [5.41, 5.74) is 1.07. The van der Waals surface area contributed by atoms with E-state index in [1.54, 1.807) is 0 Å². The normalized spacial score (nSPS) is 20.3. The number of amides is 1. The second-order valence-electron chi connectivity index (χ2n) is 6.71. The van der Waals surface area contributed by atoms with Gasteiger partial charge in [0, 0.05) is 45.8 Å². The van der Waals surface area contributed by atoms with Gasteiger partial charge in [-0.1, -0.05) is 35.3 Å². The van der Waals surface area contributed by atoms with E-state index in [1.807, 2.05) is 23.1 Å². The summed E-state index contributed by atoms with van der Waals surface area (Å²) in [5, 5.41) is 1.27. The lowest BCUT2D eigenvalue weighted by molar-refractivity contribution is -0.133. The summed E-state index contributed by atoms with van der Waals surface area (Å²) in [5.74, 6) is 0.293. The maximum absolute atomic E-state index is 12.4. The van der Waals surface area contributed by atoms with E-state index >= 15 is 0 Å². The van der Waals surface area contributed by atoms with Gasteiger partial charge in [-0.2, -0.15) is 0 Å². The fourth-order valence-corrected chi connectivity index (χ4v) is 3.83. The average Bonchev–Trinajstić information content (AvgIpc) is 2.61. The zero-order valence-corrected chi connectivity index (χ0v) is 15.5. The van der Waals surface area contributed by atoms with Crippen LogP contribution in [0.3, 0.4) is 0 Å². The molecule has 0 atom stereocenters. The Morgan fingerprint density at radius 2 is 1.58 bits per heavy atom. The van der Waals surface area contributed by atoms with Crippen LogP contribution in [0.1, 0.15) is 24.8 Å². The lowest BCUT2D eigenvalue weighted by atomic mass is 10.1. The molecule has 0 aromatic heterocycles. The number of hydrogen-bond acceptors (Lipinski definition) is 3. The van der Waals surface area contributed by atoms with Crippen LogP contribution >= 0.6 is 23.2 Å². The van der Waals surface area contributed by atoms with E-state index in [9.17, 15) is 4.79 Å². The molecule has 0 N–H and O–H groups in total. The topological polar surface area (TPSA) is 26.8 Å². The first-order valence-corrected chi connectivity index (χ1v) is 9.54. The molecule has 0 bridgehead atoms. The summed E-state index contributed by atoms with van der Waals surface area (Å²) in [6, 6.07) is 5.79. The standard InChI is InChI=1S/C18H25Cl2N3O/c19-16-6-4-5-15(18(16)20)13-21-9-11-22(12-10-21)14-17(24)23-7-2-1-3-8-23/h4-6H,1-3,7-14H2. The number of hydrogen-bond donors (Lipinski definition) is 0. The number of rotatable bonds is 4. The first-order chi connectivity index (χ1) is 11.6. The minimum atomic E-state index is 0.293. The molecule has 4 nitrogen and oxygen atoms in total. The van der Waals surface area contributed by atoms with Crippen LogP contribution in [-0.4, -0.2) is 66.4 Å². The van der Waals surface area contributed by atoms with E-state index < -0.39 is 0 Å². The molecule has 24 heavy (non-hydrogen) atoms. The fourth-order valence-electron chi connectivity index (χ4n) is 3.45. The van der Waals surface area contributed by atoms with Gasteiger partial charge in [-0.15, -0.1) is 0 Å². The third kappa shape index (κ3) is 4.63. The quantitative estimate of drug-likeness (QED) is 0.815. The highest BCUT2D eigenvalue weighted by Crippen LogP contribution is 2.26. The molecular formula is C18H25Cl2N3O. The monoisotopic (exact) mass is 369 g/mol. The highest BCUT2D eigenvalue weighted by molar-refractivity contribution is 6.42. The largest absolute Gasteiger partial charge is 0.342 e. The fraction of sp³-hybridized carbons (Fsp3) is 0.611. The number of nitrogens with zero attached hydrogens (tertiary/aromatic N) is 3. The Bertz CT molecular complexity index is 567. The Balaban J connectivity index is 1.45. The summed E-state index contributed by atoms with van der Waals surface area (Å²) < 4.78 is 0. The first-order valence-electron chi connectivity index (χ1n) is 8.79. The number of benzene rings is 1. The van der Waals surface area contributed by atoms with Crippen molar-refractivity contribution in [3.8, 4) is 0 Å². The lowest BCUT2D eigenvalue weighted by Gasteiger charge is -2.36. The van der Waals surface area contributed by atoms with Crippen molar-refractivity contribution < 1.29 is 4.79 Å². The molecule has 0 unspecified atom stereocenters. The number of piperazine rings is 1. The minimum Gasteiger partial charge on any atom is -0.342 e. The van der Waals surface area contributed by atoms with E-state index in [1.165, 1.54) is 6.42 Å².